The SMILES string of the molecule is O=C(O)Cn1nc(C(F)F)c2c1C(F)C1C=CC21. The van der Waals surface area contributed by atoms with Crippen LogP contribution in [-0.4, -0.2) is 20.9 Å². The Morgan fingerprint density at radius 3 is 2.72 bits per heavy atom. The number of carboxylic acids is 1. The third kappa shape index (κ3) is 1.33. The summed E-state index contributed by atoms with van der Waals surface area (Å²) in [4.78, 5) is 10.6. The molecule has 1 aromatic heterocycles. The fourth-order valence-corrected chi connectivity index (χ4v) is 2.65. The monoisotopic (exact) mass is 258 g/mol. The van der Waals surface area contributed by atoms with E-state index in [2.05, 4.69) is 5.10 Å². The number of alkyl halides is 3. The summed E-state index contributed by atoms with van der Waals surface area (Å²) in [6, 6.07) is 0. The topological polar surface area (TPSA) is 55.1 Å². The number of rotatable bonds is 3. The fourth-order valence-electron chi connectivity index (χ4n) is 2.65. The predicted octanol–water partition coefficient (Wildman–Crippen LogP) is 2.20. The van der Waals surface area contributed by atoms with Crippen LogP contribution in [0.15, 0.2) is 12.2 Å². The lowest BCUT2D eigenvalue weighted by Crippen LogP contribution is -2.18. The van der Waals surface area contributed by atoms with Gasteiger partial charge in [-0.25, -0.2) is 13.2 Å². The number of hydrogen-bond donors (Lipinski definition) is 1. The Bertz CT molecular complexity index is 553. The molecule has 1 heterocycles. The van der Waals surface area contributed by atoms with Gasteiger partial charge in [0.1, 0.15) is 18.4 Å². The van der Waals surface area contributed by atoms with Crippen molar-refractivity contribution in [2.45, 2.75) is 25.1 Å². The largest absolute Gasteiger partial charge is 0.480 e. The summed E-state index contributed by atoms with van der Waals surface area (Å²) in [6.07, 6.45) is -1.000. The molecular formula is C11H9F3N2O2. The number of aromatic nitrogens is 2. The van der Waals surface area contributed by atoms with Crippen molar-refractivity contribution in [1.29, 1.82) is 0 Å². The van der Waals surface area contributed by atoms with Crippen LogP contribution in [0, 0.1) is 5.92 Å². The third-order valence-electron chi connectivity index (χ3n) is 3.44. The summed E-state index contributed by atoms with van der Waals surface area (Å²) in [5, 5.41) is 12.2. The molecule has 96 valence electrons. The molecule has 2 aliphatic rings. The molecule has 3 atom stereocenters. The first-order valence-corrected chi connectivity index (χ1v) is 5.43. The molecule has 0 aliphatic heterocycles. The Morgan fingerprint density at radius 2 is 2.22 bits per heavy atom. The molecule has 2 aliphatic carbocycles. The van der Waals surface area contributed by atoms with Gasteiger partial charge in [-0.15, -0.1) is 0 Å². The zero-order chi connectivity index (χ0) is 13.0. The van der Waals surface area contributed by atoms with E-state index in [1.165, 1.54) is 0 Å². The molecule has 0 saturated carbocycles. The van der Waals surface area contributed by atoms with E-state index in [9.17, 15) is 18.0 Å². The molecule has 0 bridgehead atoms. The summed E-state index contributed by atoms with van der Waals surface area (Å²) < 4.78 is 40.6. The van der Waals surface area contributed by atoms with Gasteiger partial charge in [-0.1, -0.05) is 12.2 Å². The van der Waals surface area contributed by atoms with Crippen molar-refractivity contribution in [1.82, 2.24) is 9.78 Å². The van der Waals surface area contributed by atoms with Gasteiger partial charge >= 0.3 is 5.97 Å². The molecule has 0 amide bonds. The molecule has 0 spiro atoms. The van der Waals surface area contributed by atoms with Crippen molar-refractivity contribution in [2.75, 3.05) is 0 Å². The van der Waals surface area contributed by atoms with Gasteiger partial charge in [-0.05, 0) is 0 Å². The van der Waals surface area contributed by atoms with E-state index in [0.29, 0.717) is 0 Å². The van der Waals surface area contributed by atoms with Gasteiger partial charge in [0.15, 0.2) is 0 Å². The maximum Gasteiger partial charge on any atom is 0.325 e. The van der Waals surface area contributed by atoms with Crippen LogP contribution in [0.25, 0.3) is 0 Å². The first-order chi connectivity index (χ1) is 8.50. The van der Waals surface area contributed by atoms with Crippen molar-refractivity contribution in [3.63, 3.8) is 0 Å². The minimum Gasteiger partial charge on any atom is -0.480 e. The van der Waals surface area contributed by atoms with Crippen LogP contribution in [-0.2, 0) is 11.3 Å². The first kappa shape index (κ1) is 11.3. The van der Waals surface area contributed by atoms with Crippen LogP contribution >= 0.6 is 0 Å². The Balaban J connectivity index is 2.13. The highest BCUT2D eigenvalue weighted by molar-refractivity contribution is 5.67. The van der Waals surface area contributed by atoms with Gasteiger partial charge in [-0.3, -0.25) is 9.48 Å². The number of fused-ring (bicyclic) bond motifs is 3. The van der Waals surface area contributed by atoms with Gasteiger partial charge in [0.05, 0.1) is 5.69 Å². The van der Waals surface area contributed by atoms with Crippen molar-refractivity contribution in [3.05, 3.63) is 29.1 Å². The number of hydrogen-bond acceptors (Lipinski definition) is 2. The molecular weight excluding hydrogens is 249 g/mol. The first-order valence-electron chi connectivity index (χ1n) is 5.43. The Hall–Kier alpha value is -1.79. The van der Waals surface area contributed by atoms with E-state index in [0.717, 1.165) is 4.68 Å². The van der Waals surface area contributed by atoms with Crippen LogP contribution in [0.3, 0.4) is 0 Å². The van der Waals surface area contributed by atoms with Gasteiger partial charge in [0, 0.05) is 17.4 Å². The van der Waals surface area contributed by atoms with E-state index in [1.54, 1.807) is 12.2 Å². The molecule has 1 N–H and O–H groups in total. The molecule has 1 aromatic rings. The maximum absolute atomic E-state index is 14.0. The normalized spacial score (nSPS) is 28.1. The molecule has 4 nitrogen and oxygen atoms in total. The van der Waals surface area contributed by atoms with Crippen LogP contribution in [0.1, 0.15) is 35.5 Å². The quantitative estimate of drug-likeness (QED) is 0.845. The maximum atomic E-state index is 14.0. The van der Waals surface area contributed by atoms with Gasteiger partial charge < -0.3 is 5.11 Å². The molecule has 0 radical (unpaired) electrons. The standard InChI is InChI=1S/C11H9F3N2O2/c12-8-5-2-1-4(5)7-9(11(13)14)15-16(10(7)8)3-6(17)18/h1-2,4-5,8,11H,3H2,(H,17,18). The number of nitrogens with zero attached hydrogens (tertiary/aromatic N) is 2. The Morgan fingerprint density at radius 1 is 1.50 bits per heavy atom. The number of halogens is 3. The summed E-state index contributed by atoms with van der Waals surface area (Å²) in [6.45, 7) is -0.602. The minimum absolute atomic E-state index is 0.00676. The van der Waals surface area contributed by atoms with E-state index < -0.39 is 36.7 Å². The summed E-state index contributed by atoms with van der Waals surface area (Å²) >= 11 is 0. The van der Waals surface area contributed by atoms with E-state index in [1.807, 2.05) is 0 Å². The van der Waals surface area contributed by atoms with Crippen molar-refractivity contribution < 1.29 is 23.1 Å². The Labute approximate surface area is 99.7 Å². The van der Waals surface area contributed by atoms with Crippen LogP contribution in [0.2, 0.25) is 0 Å². The third-order valence-corrected chi connectivity index (χ3v) is 3.44. The summed E-state index contributed by atoms with van der Waals surface area (Å²) in [7, 11) is 0. The molecule has 18 heavy (non-hydrogen) atoms. The molecule has 3 rings (SSSR count). The lowest BCUT2D eigenvalue weighted by Gasteiger charge is -2.24. The smallest absolute Gasteiger partial charge is 0.325 e. The average Bonchev–Trinajstić information content (AvgIpc) is 2.62. The van der Waals surface area contributed by atoms with E-state index in [4.69, 9.17) is 5.11 Å². The molecule has 0 fully saturated rings. The summed E-state index contributed by atoms with van der Waals surface area (Å²) in [5.41, 5.74) is -0.329. The Kier molecular flexibility index (Phi) is 2.26. The molecule has 0 aromatic carbocycles. The highest BCUT2D eigenvalue weighted by atomic mass is 19.3. The van der Waals surface area contributed by atoms with Crippen molar-refractivity contribution in [3.8, 4) is 0 Å². The highest BCUT2D eigenvalue weighted by Crippen LogP contribution is 2.55. The fraction of sp³-hybridized carbons (Fsp3) is 0.455. The van der Waals surface area contributed by atoms with Crippen molar-refractivity contribution >= 4 is 5.97 Å². The molecule has 7 heteroatoms. The number of allylic oxidation sites excluding steroid dienone is 2. The van der Waals surface area contributed by atoms with Gasteiger partial charge in [-0.2, -0.15) is 5.10 Å². The minimum atomic E-state index is -2.83. The van der Waals surface area contributed by atoms with E-state index in [-0.39, 0.29) is 17.2 Å². The summed E-state index contributed by atoms with van der Waals surface area (Å²) in [5.74, 6) is -2.07. The van der Waals surface area contributed by atoms with Crippen molar-refractivity contribution in [2.24, 2.45) is 5.92 Å². The van der Waals surface area contributed by atoms with Crippen LogP contribution in [0.4, 0.5) is 13.2 Å². The number of carboxylic acid groups (broad SMARTS) is 1. The second-order valence-corrected chi connectivity index (χ2v) is 4.43. The van der Waals surface area contributed by atoms with Crippen LogP contribution in [0.5, 0.6) is 0 Å². The molecule has 3 unspecified atom stereocenters. The van der Waals surface area contributed by atoms with Crippen LogP contribution < -0.4 is 0 Å². The zero-order valence-corrected chi connectivity index (χ0v) is 9.05. The lowest BCUT2D eigenvalue weighted by atomic mass is 9.82. The number of carbonyl (C=O) groups is 1. The van der Waals surface area contributed by atoms with Gasteiger partial charge in [0.25, 0.3) is 6.43 Å². The predicted molar refractivity (Wildman–Crippen MR) is 54.0 cm³/mol. The molecule has 0 saturated heterocycles. The lowest BCUT2D eigenvalue weighted by molar-refractivity contribution is -0.138. The second kappa shape index (κ2) is 3.60. The highest BCUT2D eigenvalue weighted by Gasteiger charge is 2.48. The zero-order valence-electron chi connectivity index (χ0n) is 9.05. The second-order valence-electron chi connectivity index (χ2n) is 4.43. The van der Waals surface area contributed by atoms with E-state index >= 15 is 0 Å². The number of aliphatic carboxylic acids is 1. The average molecular weight is 258 g/mol. The van der Waals surface area contributed by atoms with Gasteiger partial charge in [0.2, 0.25) is 0 Å².